The largest absolute Gasteiger partial charge is 0.465 e. The fraction of sp³-hybridized carbons (Fsp3) is 0.640. The van der Waals surface area contributed by atoms with Crippen LogP contribution in [0.1, 0.15) is 51.9 Å². The van der Waals surface area contributed by atoms with Gasteiger partial charge in [0.2, 0.25) is 11.8 Å². The summed E-state index contributed by atoms with van der Waals surface area (Å²) in [5.74, 6) is -0.667. The molecule has 1 unspecified atom stereocenters. The molecule has 0 aromatic heterocycles. The van der Waals surface area contributed by atoms with E-state index in [1.807, 2.05) is 0 Å². The number of fused-ring (bicyclic) bond motifs is 1. The van der Waals surface area contributed by atoms with Crippen molar-refractivity contribution in [2.75, 3.05) is 39.8 Å². The standard InChI is InChI=1S/C25H36N4O5/c1-18-10-15-28(16-11-18)13-6-12-26-22(30)7-4-3-5-14-29-23(31)20-9-8-19(24(32)34-2)17-21(20)27-25(29)33/h8-9,17-18,20H,3-7,10-16H2,1-2H3,(H,26,30). The van der Waals surface area contributed by atoms with Crippen molar-refractivity contribution >= 4 is 29.5 Å². The number of carbonyl (C=O) groups is 4. The fourth-order valence-electron chi connectivity index (χ4n) is 4.43. The van der Waals surface area contributed by atoms with E-state index >= 15 is 0 Å². The number of unbranched alkanes of at least 4 members (excludes halogenated alkanes) is 2. The van der Waals surface area contributed by atoms with Crippen LogP contribution in [-0.2, 0) is 19.1 Å². The highest BCUT2D eigenvalue weighted by Crippen LogP contribution is 2.23. The molecule has 3 rings (SSSR count). The van der Waals surface area contributed by atoms with Gasteiger partial charge in [-0.1, -0.05) is 25.5 Å². The summed E-state index contributed by atoms with van der Waals surface area (Å²) in [6.07, 6.45) is 10.5. The number of amides is 4. The Morgan fingerprint density at radius 2 is 1.88 bits per heavy atom. The minimum absolute atomic E-state index is 0.0483. The van der Waals surface area contributed by atoms with E-state index in [4.69, 9.17) is 0 Å². The summed E-state index contributed by atoms with van der Waals surface area (Å²) in [5, 5.41) is 2.98. The van der Waals surface area contributed by atoms with Crippen molar-refractivity contribution in [1.29, 1.82) is 0 Å². The van der Waals surface area contributed by atoms with Crippen LogP contribution in [0.2, 0.25) is 0 Å². The monoisotopic (exact) mass is 472 g/mol. The number of imide groups is 1. The number of allylic oxidation sites excluding steroid dienone is 1. The molecule has 1 N–H and O–H groups in total. The lowest BCUT2D eigenvalue weighted by Crippen LogP contribution is -2.46. The van der Waals surface area contributed by atoms with Gasteiger partial charge in [-0.2, -0.15) is 4.99 Å². The summed E-state index contributed by atoms with van der Waals surface area (Å²) < 4.78 is 4.67. The van der Waals surface area contributed by atoms with E-state index < -0.39 is 17.9 Å². The van der Waals surface area contributed by atoms with E-state index in [9.17, 15) is 19.2 Å². The second-order valence-corrected chi connectivity index (χ2v) is 9.28. The van der Waals surface area contributed by atoms with E-state index in [0.717, 1.165) is 43.3 Å². The molecule has 2 aliphatic heterocycles. The molecule has 4 amide bonds. The zero-order valence-corrected chi connectivity index (χ0v) is 20.3. The molecule has 186 valence electrons. The van der Waals surface area contributed by atoms with Gasteiger partial charge in [0.15, 0.2) is 0 Å². The number of hydrogen-bond acceptors (Lipinski definition) is 6. The third-order valence-electron chi connectivity index (χ3n) is 6.63. The summed E-state index contributed by atoms with van der Waals surface area (Å²) in [6.45, 7) is 6.62. The Kier molecular flexibility index (Phi) is 9.56. The van der Waals surface area contributed by atoms with Gasteiger partial charge in [-0.05, 0) is 63.7 Å². The first-order valence-electron chi connectivity index (χ1n) is 12.3. The lowest BCUT2D eigenvalue weighted by molar-refractivity contribution is -0.136. The van der Waals surface area contributed by atoms with E-state index in [1.54, 1.807) is 6.08 Å². The van der Waals surface area contributed by atoms with Gasteiger partial charge in [-0.3, -0.25) is 14.5 Å². The molecule has 3 aliphatic rings. The van der Waals surface area contributed by atoms with Crippen LogP contribution in [0.5, 0.6) is 0 Å². The second-order valence-electron chi connectivity index (χ2n) is 9.28. The van der Waals surface area contributed by atoms with Crippen molar-refractivity contribution in [1.82, 2.24) is 15.1 Å². The second kappa shape index (κ2) is 12.6. The lowest BCUT2D eigenvalue weighted by atomic mass is 9.92. The number of hydrogen-bond donors (Lipinski definition) is 1. The van der Waals surface area contributed by atoms with Crippen LogP contribution in [0.15, 0.2) is 28.8 Å². The van der Waals surface area contributed by atoms with Crippen molar-refractivity contribution in [2.24, 2.45) is 16.8 Å². The van der Waals surface area contributed by atoms with Gasteiger partial charge in [0.1, 0.15) is 0 Å². The molecule has 9 nitrogen and oxygen atoms in total. The molecule has 34 heavy (non-hydrogen) atoms. The molecule has 1 aliphatic carbocycles. The van der Waals surface area contributed by atoms with Crippen molar-refractivity contribution in [3.05, 3.63) is 23.8 Å². The highest BCUT2D eigenvalue weighted by molar-refractivity contribution is 6.23. The fourth-order valence-corrected chi connectivity index (χ4v) is 4.43. The van der Waals surface area contributed by atoms with Gasteiger partial charge >= 0.3 is 12.0 Å². The number of piperidine rings is 1. The smallest absolute Gasteiger partial charge is 0.350 e. The first-order chi connectivity index (χ1) is 16.4. The van der Waals surface area contributed by atoms with Gasteiger partial charge in [-0.15, -0.1) is 0 Å². The highest BCUT2D eigenvalue weighted by Gasteiger charge is 2.36. The van der Waals surface area contributed by atoms with Gasteiger partial charge in [0, 0.05) is 19.5 Å². The normalized spacial score (nSPS) is 21.1. The van der Waals surface area contributed by atoms with Crippen molar-refractivity contribution < 1.29 is 23.9 Å². The Hall–Kier alpha value is -2.81. The van der Waals surface area contributed by atoms with Crippen molar-refractivity contribution in [3.63, 3.8) is 0 Å². The highest BCUT2D eigenvalue weighted by atomic mass is 16.5. The lowest BCUT2D eigenvalue weighted by Gasteiger charge is -2.30. The van der Waals surface area contributed by atoms with Crippen LogP contribution >= 0.6 is 0 Å². The van der Waals surface area contributed by atoms with E-state index in [0.29, 0.717) is 25.8 Å². The Bertz CT molecular complexity index is 871. The first-order valence-corrected chi connectivity index (χ1v) is 12.3. The number of aliphatic imine (C=N–C) groups is 1. The molecule has 0 spiro atoms. The molecule has 0 radical (unpaired) electrons. The molecule has 2 heterocycles. The van der Waals surface area contributed by atoms with E-state index in [-0.39, 0.29) is 29.6 Å². The molecule has 1 fully saturated rings. The van der Waals surface area contributed by atoms with Crippen LogP contribution < -0.4 is 5.32 Å². The van der Waals surface area contributed by atoms with E-state index in [1.165, 1.54) is 32.1 Å². The van der Waals surface area contributed by atoms with Gasteiger partial charge in [-0.25, -0.2) is 9.59 Å². The molecular weight excluding hydrogens is 436 g/mol. The summed E-state index contributed by atoms with van der Waals surface area (Å²) in [4.78, 5) is 56.4. The average molecular weight is 473 g/mol. The number of urea groups is 1. The Morgan fingerprint density at radius 1 is 1.12 bits per heavy atom. The van der Waals surface area contributed by atoms with Gasteiger partial charge in [0.25, 0.3) is 0 Å². The molecule has 1 saturated heterocycles. The zero-order valence-electron chi connectivity index (χ0n) is 20.3. The molecule has 9 heteroatoms. The van der Waals surface area contributed by atoms with Crippen LogP contribution in [0.25, 0.3) is 0 Å². The predicted molar refractivity (Wildman–Crippen MR) is 128 cm³/mol. The third kappa shape index (κ3) is 7.09. The summed E-state index contributed by atoms with van der Waals surface area (Å²) in [7, 11) is 1.27. The summed E-state index contributed by atoms with van der Waals surface area (Å²) >= 11 is 0. The van der Waals surface area contributed by atoms with Crippen LogP contribution in [-0.4, -0.2) is 79.2 Å². The molecule has 0 bridgehead atoms. The quantitative estimate of drug-likeness (QED) is 0.366. The maximum absolute atomic E-state index is 12.7. The molecule has 0 aromatic rings. The van der Waals surface area contributed by atoms with E-state index in [2.05, 4.69) is 26.9 Å². The Labute approximate surface area is 201 Å². The Morgan fingerprint density at radius 3 is 2.62 bits per heavy atom. The average Bonchev–Trinajstić information content (AvgIpc) is 2.83. The maximum Gasteiger partial charge on any atom is 0.350 e. The predicted octanol–water partition coefficient (Wildman–Crippen LogP) is 2.47. The number of likely N-dealkylation sites (tertiary alicyclic amines) is 1. The van der Waals surface area contributed by atoms with Gasteiger partial charge in [0.05, 0.1) is 24.3 Å². The molecule has 0 saturated carbocycles. The first kappa shape index (κ1) is 25.8. The molecule has 1 atom stereocenters. The maximum atomic E-state index is 12.7. The number of ether oxygens (including phenoxy) is 1. The van der Waals surface area contributed by atoms with Crippen molar-refractivity contribution in [2.45, 2.75) is 51.9 Å². The Balaban J connectivity index is 1.30. The number of esters is 1. The number of nitrogens with zero attached hydrogens (tertiary/aromatic N) is 3. The SMILES string of the molecule is COC(=O)C1=CC2=NC(=O)N(CCCCCC(=O)NCCCN3CCC(C)CC3)C(=O)C2C=C1. The summed E-state index contributed by atoms with van der Waals surface area (Å²) in [5.41, 5.74) is 0.520. The number of rotatable bonds is 11. The zero-order chi connectivity index (χ0) is 24.5. The number of carbonyl (C=O) groups excluding carboxylic acids is 4. The third-order valence-corrected chi connectivity index (χ3v) is 6.63. The summed E-state index contributed by atoms with van der Waals surface area (Å²) in [6, 6.07) is -0.618. The van der Waals surface area contributed by atoms with Crippen LogP contribution in [0.4, 0.5) is 4.79 Å². The molecule has 0 aromatic carbocycles. The topological polar surface area (TPSA) is 108 Å². The van der Waals surface area contributed by atoms with Crippen molar-refractivity contribution in [3.8, 4) is 0 Å². The van der Waals surface area contributed by atoms with Crippen LogP contribution in [0, 0.1) is 11.8 Å². The minimum atomic E-state index is -0.662. The minimum Gasteiger partial charge on any atom is -0.465 e. The van der Waals surface area contributed by atoms with Gasteiger partial charge < -0.3 is 15.0 Å². The van der Waals surface area contributed by atoms with Crippen LogP contribution in [0.3, 0.4) is 0 Å². The number of nitrogens with one attached hydrogen (secondary N) is 1. The molecular formula is C25H36N4O5. The number of methoxy groups -OCH3 is 1.